The largest absolute Gasteiger partial charge is 0.494 e. The molecule has 0 fully saturated rings. The monoisotopic (exact) mass is 327 g/mol. The highest BCUT2D eigenvalue weighted by molar-refractivity contribution is 5.60. The van der Waals surface area contributed by atoms with Crippen LogP contribution in [0.15, 0.2) is 42.6 Å². The van der Waals surface area contributed by atoms with E-state index in [-0.39, 0.29) is 0 Å². The summed E-state index contributed by atoms with van der Waals surface area (Å²) in [7, 11) is 0. The van der Waals surface area contributed by atoms with E-state index in [1.807, 2.05) is 24.3 Å². The lowest BCUT2D eigenvalue weighted by Gasteiger charge is -2.10. The van der Waals surface area contributed by atoms with Gasteiger partial charge in [-0.15, -0.1) is 0 Å². The van der Waals surface area contributed by atoms with Crippen LogP contribution in [0.1, 0.15) is 46.5 Å². The third-order valence-electron chi connectivity index (χ3n) is 4.23. The Kier molecular flexibility index (Phi) is 7.60. The molecule has 3 heteroatoms. The van der Waals surface area contributed by atoms with Gasteiger partial charge in [0.2, 0.25) is 0 Å². The van der Waals surface area contributed by atoms with Gasteiger partial charge in [0, 0.05) is 5.56 Å². The Hall–Kier alpha value is -2.03. The Morgan fingerprint density at radius 2 is 1.62 bits per heavy atom. The Morgan fingerprint density at radius 3 is 2.25 bits per heavy atom. The Morgan fingerprint density at radius 1 is 0.917 bits per heavy atom. The van der Waals surface area contributed by atoms with Gasteiger partial charge in [-0.3, -0.25) is 4.98 Å². The van der Waals surface area contributed by atoms with Gasteiger partial charge in [-0.1, -0.05) is 33.6 Å². The molecule has 1 unspecified atom stereocenters. The van der Waals surface area contributed by atoms with Gasteiger partial charge < -0.3 is 9.47 Å². The number of unbranched alkanes of at least 4 members (excludes halogenated alkanes) is 1. The molecule has 0 aliphatic carbocycles. The van der Waals surface area contributed by atoms with Crippen LogP contribution < -0.4 is 9.47 Å². The lowest BCUT2D eigenvalue weighted by atomic mass is 10.1. The summed E-state index contributed by atoms with van der Waals surface area (Å²) in [4.78, 5) is 4.49. The molecule has 3 nitrogen and oxygen atoms in total. The van der Waals surface area contributed by atoms with Gasteiger partial charge in [-0.05, 0) is 55.2 Å². The van der Waals surface area contributed by atoms with Crippen LogP contribution in [-0.2, 0) is 0 Å². The summed E-state index contributed by atoms with van der Waals surface area (Å²) < 4.78 is 11.4. The molecule has 24 heavy (non-hydrogen) atoms. The van der Waals surface area contributed by atoms with Crippen LogP contribution in [0.4, 0.5) is 0 Å². The van der Waals surface area contributed by atoms with Crippen molar-refractivity contribution in [2.45, 2.75) is 46.5 Å². The van der Waals surface area contributed by atoms with Crippen molar-refractivity contribution in [2.24, 2.45) is 5.92 Å². The normalized spacial score (nSPS) is 12.0. The highest BCUT2D eigenvalue weighted by Crippen LogP contribution is 2.23. The minimum atomic E-state index is 0.714. The smallest absolute Gasteiger partial charge is 0.137 e. The zero-order valence-corrected chi connectivity index (χ0v) is 15.1. The molecule has 1 atom stereocenters. The molecule has 0 bridgehead atoms. The molecule has 2 rings (SSSR count). The highest BCUT2D eigenvalue weighted by atomic mass is 16.5. The first-order chi connectivity index (χ1) is 11.7. The SMILES string of the molecule is CCCCOc1ccc(-c2ccc(OCCC(C)CC)cc2)nc1. The molecule has 0 aliphatic rings. The fraction of sp³-hybridized carbons (Fsp3) is 0.476. The van der Waals surface area contributed by atoms with E-state index in [1.165, 1.54) is 6.42 Å². The summed E-state index contributed by atoms with van der Waals surface area (Å²) in [5.74, 6) is 2.46. The van der Waals surface area contributed by atoms with E-state index in [4.69, 9.17) is 9.47 Å². The minimum Gasteiger partial charge on any atom is -0.494 e. The Labute approximate surface area is 146 Å². The highest BCUT2D eigenvalue weighted by Gasteiger charge is 2.03. The van der Waals surface area contributed by atoms with Gasteiger partial charge in [0.15, 0.2) is 0 Å². The first-order valence-electron chi connectivity index (χ1n) is 9.05. The number of hydrogen-bond acceptors (Lipinski definition) is 3. The van der Waals surface area contributed by atoms with Crippen molar-refractivity contribution in [3.8, 4) is 22.8 Å². The standard InChI is InChI=1S/C21H29NO2/c1-4-6-14-23-20-11-12-21(22-16-20)18-7-9-19(10-8-18)24-15-13-17(3)5-2/h7-12,16-17H,4-6,13-15H2,1-3H3. The lowest BCUT2D eigenvalue weighted by molar-refractivity contribution is 0.282. The van der Waals surface area contributed by atoms with Gasteiger partial charge in [0.1, 0.15) is 11.5 Å². The van der Waals surface area contributed by atoms with E-state index in [0.717, 1.165) is 55.2 Å². The van der Waals surface area contributed by atoms with Crippen LogP contribution in [0.3, 0.4) is 0 Å². The molecule has 0 spiro atoms. The molecule has 1 heterocycles. The van der Waals surface area contributed by atoms with E-state index >= 15 is 0 Å². The fourth-order valence-corrected chi connectivity index (χ4v) is 2.27. The molecule has 0 saturated carbocycles. The van der Waals surface area contributed by atoms with Crippen LogP contribution in [0.2, 0.25) is 0 Å². The average molecular weight is 327 g/mol. The maximum atomic E-state index is 5.80. The molecular weight excluding hydrogens is 298 g/mol. The molecule has 1 aromatic heterocycles. The Bertz CT molecular complexity index is 578. The predicted molar refractivity (Wildman–Crippen MR) is 99.6 cm³/mol. The zero-order valence-electron chi connectivity index (χ0n) is 15.1. The van der Waals surface area contributed by atoms with Crippen LogP contribution in [0.5, 0.6) is 11.5 Å². The summed E-state index contributed by atoms with van der Waals surface area (Å²) in [6.45, 7) is 8.15. The van der Waals surface area contributed by atoms with E-state index in [0.29, 0.717) is 5.92 Å². The van der Waals surface area contributed by atoms with Gasteiger partial charge >= 0.3 is 0 Å². The molecule has 0 amide bonds. The average Bonchev–Trinajstić information content (AvgIpc) is 2.63. The van der Waals surface area contributed by atoms with Crippen molar-refractivity contribution in [1.82, 2.24) is 4.98 Å². The number of hydrogen-bond donors (Lipinski definition) is 0. The van der Waals surface area contributed by atoms with Gasteiger partial charge in [-0.25, -0.2) is 0 Å². The third-order valence-corrected chi connectivity index (χ3v) is 4.23. The van der Waals surface area contributed by atoms with Gasteiger partial charge in [0.25, 0.3) is 0 Å². The van der Waals surface area contributed by atoms with Crippen molar-refractivity contribution < 1.29 is 9.47 Å². The fourth-order valence-electron chi connectivity index (χ4n) is 2.27. The van der Waals surface area contributed by atoms with Crippen LogP contribution in [0.25, 0.3) is 11.3 Å². The summed E-state index contributed by atoms with van der Waals surface area (Å²) in [6.07, 6.45) is 6.30. The van der Waals surface area contributed by atoms with Crippen molar-refractivity contribution in [1.29, 1.82) is 0 Å². The lowest BCUT2D eigenvalue weighted by Crippen LogP contribution is -2.03. The van der Waals surface area contributed by atoms with Gasteiger partial charge in [-0.2, -0.15) is 0 Å². The summed E-state index contributed by atoms with van der Waals surface area (Å²) in [5, 5.41) is 0. The maximum absolute atomic E-state index is 5.80. The second-order valence-electron chi connectivity index (χ2n) is 6.26. The summed E-state index contributed by atoms with van der Waals surface area (Å²) in [6, 6.07) is 12.1. The van der Waals surface area contributed by atoms with Crippen molar-refractivity contribution >= 4 is 0 Å². The summed E-state index contributed by atoms with van der Waals surface area (Å²) >= 11 is 0. The van der Waals surface area contributed by atoms with Crippen molar-refractivity contribution in [2.75, 3.05) is 13.2 Å². The number of pyridine rings is 1. The van der Waals surface area contributed by atoms with E-state index < -0.39 is 0 Å². The number of ether oxygens (including phenoxy) is 2. The zero-order chi connectivity index (χ0) is 17.2. The van der Waals surface area contributed by atoms with Crippen LogP contribution in [0, 0.1) is 5.92 Å². The molecule has 0 saturated heterocycles. The second-order valence-corrected chi connectivity index (χ2v) is 6.26. The maximum Gasteiger partial charge on any atom is 0.137 e. The third kappa shape index (κ3) is 5.88. The first-order valence-corrected chi connectivity index (χ1v) is 9.05. The minimum absolute atomic E-state index is 0.714. The Balaban J connectivity index is 1.88. The van der Waals surface area contributed by atoms with E-state index in [9.17, 15) is 0 Å². The number of rotatable bonds is 10. The topological polar surface area (TPSA) is 31.4 Å². The van der Waals surface area contributed by atoms with Crippen molar-refractivity contribution in [3.05, 3.63) is 42.6 Å². The summed E-state index contributed by atoms with van der Waals surface area (Å²) in [5.41, 5.74) is 2.04. The molecule has 0 radical (unpaired) electrons. The predicted octanol–water partition coefficient (Wildman–Crippen LogP) is 5.74. The first kappa shape index (κ1) is 18.3. The van der Waals surface area contributed by atoms with Crippen molar-refractivity contribution in [3.63, 3.8) is 0 Å². The molecular formula is C21H29NO2. The number of nitrogens with zero attached hydrogens (tertiary/aromatic N) is 1. The molecule has 130 valence electrons. The molecule has 0 aliphatic heterocycles. The molecule has 0 N–H and O–H groups in total. The quantitative estimate of drug-likeness (QED) is 0.521. The number of aromatic nitrogens is 1. The van der Waals surface area contributed by atoms with E-state index in [1.54, 1.807) is 6.20 Å². The second kappa shape index (κ2) is 9.96. The van der Waals surface area contributed by atoms with Crippen LogP contribution >= 0.6 is 0 Å². The van der Waals surface area contributed by atoms with E-state index in [2.05, 4.69) is 37.9 Å². The van der Waals surface area contributed by atoms with Gasteiger partial charge in [0.05, 0.1) is 25.1 Å². The van der Waals surface area contributed by atoms with Crippen LogP contribution in [-0.4, -0.2) is 18.2 Å². The molecule has 1 aromatic carbocycles. The number of benzene rings is 1. The molecule has 2 aromatic rings.